The molecular weight excluding hydrogens is 352 g/mol. The van der Waals surface area contributed by atoms with E-state index in [0.717, 1.165) is 4.90 Å². The number of anilines is 1. The molecule has 0 atom stereocenters. The smallest absolute Gasteiger partial charge is 0.337 e. The molecule has 0 unspecified atom stereocenters. The number of rotatable bonds is 3. The van der Waals surface area contributed by atoms with Gasteiger partial charge in [-0.15, -0.1) is 0 Å². The van der Waals surface area contributed by atoms with E-state index in [9.17, 15) is 29.6 Å². The lowest BCUT2D eigenvalue weighted by Gasteiger charge is -2.28. The number of hydrogen-bond acceptors (Lipinski definition) is 5. The Labute approximate surface area is 151 Å². The minimum atomic E-state index is -1.28. The fraction of sp³-hybridized carbons (Fsp3) is 0. The summed E-state index contributed by atoms with van der Waals surface area (Å²) < 4.78 is 0. The summed E-state index contributed by atoms with van der Waals surface area (Å²) in [5.41, 5.74) is -0.259. The van der Waals surface area contributed by atoms with E-state index in [4.69, 9.17) is 0 Å². The molecule has 0 aliphatic carbocycles. The number of hydrogen-bond donors (Lipinski definition) is 1. The second kappa shape index (κ2) is 5.73. The van der Waals surface area contributed by atoms with Crippen LogP contribution in [0.3, 0.4) is 0 Å². The lowest BCUT2D eigenvalue weighted by atomic mass is 9.92. The van der Waals surface area contributed by atoms with Crippen LogP contribution in [0.1, 0.15) is 31.1 Å². The Morgan fingerprint density at radius 1 is 0.926 bits per heavy atom. The summed E-state index contributed by atoms with van der Waals surface area (Å²) >= 11 is 0. The van der Waals surface area contributed by atoms with Crippen molar-refractivity contribution in [1.29, 1.82) is 0 Å². The van der Waals surface area contributed by atoms with Gasteiger partial charge in [0.15, 0.2) is 0 Å². The van der Waals surface area contributed by atoms with Crippen molar-refractivity contribution in [3.63, 3.8) is 0 Å². The summed E-state index contributed by atoms with van der Waals surface area (Å²) in [5.74, 6) is -2.74. The first-order valence-corrected chi connectivity index (χ1v) is 7.83. The zero-order valence-corrected chi connectivity index (χ0v) is 13.6. The zero-order valence-electron chi connectivity index (χ0n) is 13.6. The van der Waals surface area contributed by atoms with Crippen molar-refractivity contribution in [1.82, 2.24) is 0 Å². The molecule has 3 aromatic carbocycles. The Morgan fingerprint density at radius 3 is 2.26 bits per heavy atom. The van der Waals surface area contributed by atoms with Crippen molar-refractivity contribution in [2.75, 3.05) is 4.90 Å². The monoisotopic (exact) mass is 362 g/mol. The van der Waals surface area contributed by atoms with Crippen LogP contribution in [0, 0.1) is 10.1 Å². The highest BCUT2D eigenvalue weighted by atomic mass is 16.6. The zero-order chi connectivity index (χ0) is 19.3. The Hall–Kier alpha value is -4.07. The maximum atomic E-state index is 13.0. The van der Waals surface area contributed by atoms with E-state index >= 15 is 0 Å². The van der Waals surface area contributed by atoms with Crippen LogP contribution in [-0.2, 0) is 0 Å². The number of nitro benzene ring substituents is 1. The lowest BCUT2D eigenvalue weighted by Crippen LogP contribution is -2.41. The van der Waals surface area contributed by atoms with Gasteiger partial charge in [-0.25, -0.2) is 9.69 Å². The molecule has 132 valence electrons. The van der Waals surface area contributed by atoms with Crippen LogP contribution in [0.25, 0.3) is 10.8 Å². The summed E-state index contributed by atoms with van der Waals surface area (Å²) in [7, 11) is 0. The molecule has 1 N–H and O–H groups in total. The van der Waals surface area contributed by atoms with Crippen LogP contribution in [0.15, 0.2) is 54.6 Å². The van der Waals surface area contributed by atoms with Crippen LogP contribution in [0.4, 0.5) is 11.4 Å². The predicted molar refractivity (Wildman–Crippen MR) is 95.1 cm³/mol. The Morgan fingerprint density at radius 2 is 1.59 bits per heavy atom. The number of non-ortho nitro benzene ring substituents is 1. The van der Waals surface area contributed by atoms with Crippen LogP contribution in [0.5, 0.6) is 0 Å². The highest BCUT2D eigenvalue weighted by Crippen LogP contribution is 2.37. The molecule has 3 aromatic rings. The summed E-state index contributed by atoms with van der Waals surface area (Å²) in [6, 6.07) is 12.6. The van der Waals surface area contributed by atoms with Crippen molar-refractivity contribution in [2.24, 2.45) is 0 Å². The fourth-order valence-corrected chi connectivity index (χ4v) is 3.31. The minimum Gasteiger partial charge on any atom is -0.478 e. The van der Waals surface area contributed by atoms with E-state index in [0.29, 0.717) is 0 Å². The number of carboxylic acid groups (broad SMARTS) is 1. The number of imide groups is 1. The number of nitro groups is 1. The van der Waals surface area contributed by atoms with Crippen LogP contribution < -0.4 is 4.90 Å². The van der Waals surface area contributed by atoms with Gasteiger partial charge >= 0.3 is 5.97 Å². The van der Waals surface area contributed by atoms with Crippen molar-refractivity contribution in [3.05, 3.63) is 81.4 Å². The number of amides is 2. The Bertz CT molecular complexity index is 1160. The van der Waals surface area contributed by atoms with Crippen molar-refractivity contribution in [2.45, 2.75) is 0 Å². The molecule has 1 aliphatic heterocycles. The SMILES string of the molecule is O=C(O)c1ccccc1N1C(=O)c2cccc3c([N+](=O)[O-])ccc(c23)C1=O. The summed E-state index contributed by atoms with van der Waals surface area (Å²) in [6.45, 7) is 0. The minimum absolute atomic E-state index is 0.0546. The van der Waals surface area contributed by atoms with Crippen LogP contribution in [0.2, 0.25) is 0 Å². The standard InChI is InChI=1S/C19H10N2O6/c22-17-12-6-3-5-10-15(21(26)27)9-8-13(16(10)12)18(23)20(17)14-7-2-1-4-11(14)19(24)25/h1-9H,(H,24,25). The van der Waals surface area contributed by atoms with Crippen molar-refractivity contribution >= 4 is 39.9 Å². The number of carbonyl (C=O) groups excluding carboxylic acids is 2. The molecular formula is C19H10N2O6. The maximum Gasteiger partial charge on any atom is 0.337 e. The van der Waals surface area contributed by atoms with E-state index in [1.165, 1.54) is 54.6 Å². The van der Waals surface area contributed by atoms with Gasteiger partial charge in [-0.3, -0.25) is 19.7 Å². The van der Waals surface area contributed by atoms with E-state index in [1.54, 1.807) is 0 Å². The highest BCUT2D eigenvalue weighted by molar-refractivity contribution is 6.37. The predicted octanol–water partition coefficient (Wildman–Crippen LogP) is 3.25. The van der Waals surface area contributed by atoms with Gasteiger partial charge in [0.25, 0.3) is 17.5 Å². The first kappa shape index (κ1) is 16.4. The van der Waals surface area contributed by atoms with Gasteiger partial charge in [0, 0.05) is 22.6 Å². The first-order valence-electron chi connectivity index (χ1n) is 7.83. The molecule has 8 heteroatoms. The van der Waals surface area contributed by atoms with E-state index in [-0.39, 0.29) is 38.8 Å². The van der Waals surface area contributed by atoms with E-state index < -0.39 is 22.7 Å². The van der Waals surface area contributed by atoms with Gasteiger partial charge in [0.1, 0.15) is 0 Å². The number of aromatic carboxylic acids is 1. The molecule has 0 aromatic heterocycles. The maximum absolute atomic E-state index is 13.0. The van der Waals surface area contributed by atoms with Crippen molar-refractivity contribution in [3.8, 4) is 0 Å². The van der Waals surface area contributed by atoms with E-state index in [2.05, 4.69) is 0 Å². The molecule has 0 bridgehead atoms. The summed E-state index contributed by atoms with van der Waals surface area (Å²) in [6.07, 6.45) is 0. The van der Waals surface area contributed by atoms with Gasteiger partial charge in [-0.05, 0) is 30.3 Å². The van der Waals surface area contributed by atoms with Gasteiger partial charge < -0.3 is 5.11 Å². The summed E-state index contributed by atoms with van der Waals surface area (Å²) in [5, 5.41) is 21.0. The average Bonchev–Trinajstić information content (AvgIpc) is 2.65. The topological polar surface area (TPSA) is 118 Å². The Kier molecular flexibility index (Phi) is 3.48. The highest BCUT2D eigenvalue weighted by Gasteiger charge is 2.37. The largest absolute Gasteiger partial charge is 0.478 e. The molecule has 0 saturated carbocycles. The molecule has 0 fully saturated rings. The van der Waals surface area contributed by atoms with Gasteiger partial charge in [-0.1, -0.05) is 18.2 Å². The number of carbonyl (C=O) groups is 3. The molecule has 4 rings (SSSR count). The second-order valence-electron chi connectivity index (χ2n) is 5.89. The van der Waals surface area contributed by atoms with Crippen molar-refractivity contribution < 1.29 is 24.4 Å². The lowest BCUT2D eigenvalue weighted by molar-refractivity contribution is -0.383. The Balaban J connectivity index is 2.01. The molecule has 0 radical (unpaired) electrons. The third-order valence-corrected chi connectivity index (χ3v) is 4.46. The second-order valence-corrected chi connectivity index (χ2v) is 5.89. The molecule has 2 amide bonds. The van der Waals surface area contributed by atoms with E-state index in [1.807, 2.05) is 0 Å². The summed E-state index contributed by atoms with van der Waals surface area (Å²) in [4.78, 5) is 49.0. The molecule has 1 heterocycles. The third kappa shape index (κ3) is 2.27. The normalized spacial score (nSPS) is 13.1. The quantitative estimate of drug-likeness (QED) is 0.434. The first-order chi connectivity index (χ1) is 12.9. The van der Waals surface area contributed by atoms with Gasteiger partial charge in [0.2, 0.25) is 0 Å². The third-order valence-electron chi connectivity index (χ3n) is 4.46. The molecule has 1 aliphatic rings. The molecule has 8 nitrogen and oxygen atoms in total. The number of nitrogens with zero attached hydrogens (tertiary/aromatic N) is 2. The van der Waals surface area contributed by atoms with Crippen LogP contribution in [-0.4, -0.2) is 27.8 Å². The number of para-hydroxylation sites is 1. The number of benzene rings is 3. The van der Waals surface area contributed by atoms with Gasteiger partial charge in [-0.2, -0.15) is 0 Å². The molecule has 0 spiro atoms. The average molecular weight is 362 g/mol. The van der Waals surface area contributed by atoms with Crippen LogP contribution >= 0.6 is 0 Å². The number of carboxylic acids is 1. The van der Waals surface area contributed by atoms with Gasteiger partial charge in [0.05, 0.1) is 21.6 Å². The molecule has 27 heavy (non-hydrogen) atoms. The fourth-order valence-electron chi connectivity index (χ4n) is 3.31. The molecule has 0 saturated heterocycles.